The molecule has 6 nitrogen and oxygen atoms in total. The molecule has 1 saturated heterocycles. The Hall–Kier alpha value is -2.28. The minimum atomic E-state index is -0.589. The van der Waals surface area contributed by atoms with Gasteiger partial charge in [0, 0.05) is 28.7 Å². The summed E-state index contributed by atoms with van der Waals surface area (Å²) in [7, 11) is 0. The van der Waals surface area contributed by atoms with E-state index in [1.165, 1.54) is 23.1 Å². The zero-order chi connectivity index (χ0) is 19.6. The molecule has 0 bridgehead atoms. The Labute approximate surface area is 170 Å². The molecule has 2 aromatic carbocycles. The first kappa shape index (κ1) is 19.5. The van der Waals surface area contributed by atoms with Gasteiger partial charge in [0.05, 0.1) is 16.5 Å². The number of carbonyl (C=O) groups excluding carboxylic acids is 3. The Kier molecular flexibility index (Phi) is 5.89. The minimum Gasteiger partial charge on any atom is -0.312 e. The number of carbonyl (C=O) groups is 3. The van der Waals surface area contributed by atoms with Crippen LogP contribution in [0, 0.1) is 5.92 Å². The standard InChI is InChI=1S/C18H14Cl3N3O3/c19-11-1-4-13(5-2-11)24-9-10(7-16(24)25)17(26)22-23-18(27)14-6-3-12(20)8-15(14)21/h1-6,8,10H,7,9H2,(H,22,26)(H,23,27)/t10-/m1/s1. The minimum absolute atomic E-state index is 0.0477. The van der Waals surface area contributed by atoms with Gasteiger partial charge in [0.25, 0.3) is 5.91 Å². The predicted molar refractivity (Wildman–Crippen MR) is 104 cm³/mol. The summed E-state index contributed by atoms with van der Waals surface area (Å²) in [5, 5.41) is 1.12. The summed E-state index contributed by atoms with van der Waals surface area (Å²) in [5.74, 6) is -1.80. The topological polar surface area (TPSA) is 78.5 Å². The van der Waals surface area contributed by atoms with E-state index in [0.29, 0.717) is 15.7 Å². The highest BCUT2D eigenvalue weighted by atomic mass is 35.5. The molecule has 140 valence electrons. The number of rotatable bonds is 3. The zero-order valence-electron chi connectivity index (χ0n) is 13.8. The molecule has 3 rings (SSSR count). The fourth-order valence-electron chi connectivity index (χ4n) is 2.72. The van der Waals surface area contributed by atoms with Gasteiger partial charge in [-0.1, -0.05) is 34.8 Å². The molecule has 3 amide bonds. The molecule has 1 heterocycles. The van der Waals surface area contributed by atoms with Crippen molar-refractivity contribution >= 4 is 58.2 Å². The van der Waals surface area contributed by atoms with E-state index in [0.717, 1.165) is 0 Å². The Morgan fingerprint density at radius 2 is 1.63 bits per heavy atom. The van der Waals surface area contributed by atoms with Crippen LogP contribution in [0.15, 0.2) is 42.5 Å². The van der Waals surface area contributed by atoms with Crippen LogP contribution in [0.5, 0.6) is 0 Å². The number of hydrazine groups is 1. The fourth-order valence-corrected chi connectivity index (χ4v) is 3.34. The summed E-state index contributed by atoms with van der Waals surface area (Å²) >= 11 is 17.6. The third-order valence-corrected chi connectivity index (χ3v) is 4.91. The van der Waals surface area contributed by atoms with Gasteiger partial charge in [0.2, 0.25) is 11.8 Å². The number of benzene rings is 2. The summed E-state index contributed by atoms with van der Waals surface area (Å²) in [6.45, 7) is 0.212. The summed E-state index contributed by atoms with van der Waals surface area (Å²) in [5.41, 5.74) is 5.47. The molecular weight excluding hydrogens is 413 g/mol. The molecule has 9 heteroatoms. The van der Waals surface area contributed by atoms with Crippen LogP contribution in [0.3, 0.4) is 0 Å². The van der Waals surface area contributed by atoms with Crippen molar-refractivity contribution in [2.75, 3.05) is 11.4 Å². The van der Waals surface area contributed by atoms with Crippen LogP contribution in [0.25, 0.3) is 0 Å². The zero-order valence-corrected chi connectivity index (χ0v) is 16.1. The average molecular weight is 427 g/mol. The van der Waals surface area contributed by atoms with Crippen LogP contribution in [-0.4, -0.2) is 24.3 Å². The van der Waals surface area contributed by atoms with Crippen molar-refractivity contribution in [1.29, 1.82) is 0 Å². The van der Waals surface area contributed by atoms with E-state index in [4.69, 9.17) is 34.8 Å². The van der Waals surface area contributed by atoms with Gasteiger partial charge in [0.15, 0.2) is 0 Å². The first-order valence-corrected chi connectivity index (χ1v) is 9.09. The smallest absolute Gasteiger partial charge is 0.271 e. The number of hydrogen-bond donors (Lipinski definition) is 2. The lowest BCUT2D eigenvalue weighted by molar-refractivity contribution is -0.126. The Bertz CT molecular complexity index is 902. The molecule has 1 atom stereocenters. The Morgan fingerprint density at radius 1 is 0.963 bits per heavy atom. The highest BCUT2D eigenvalue weighted by molar-refractivity contribution is 6.36. The largest absolute Gasteiger partial charge is 0.312 e. The van der Waals surface area contributed by atoms with Crippen molar-refractivity contribution in [2.24, 2.45) is 5.92 Å². The van der Waals surface area contributed by atoms with Crippen molar-refractivity contribution in [3.05, 3.63) is 63.1 Å². The summed E-state index contributed by atoms with van der Waals surface area (Å²) in [6, 6.07) is 11.2. The Balaban J connectivity index is 1.59. The maximum atomic E-state index is 12.3. The van der Waals surface area contributed by atoms with Crippen LogP contribution in [0.2, 0.25) is 15.1 Å². The SMILES string of the molecule is O=C(NNC(=O)[C@@H]1CC(=O)N(c2ccc(Cl)cc2)C1)c1ccc(Cl)cc1Cl. The van der Waals surface area contributed by atoms with E-state index >= 15 is 0 Å². The number of nitrogens with one attached hydrogen (secondary N) is 2. The van der Waals surface area contributed by atoms with Crippen LogP contribution < -0.4 is 15.8 Å². The van der Waals surface area contributed by atoms with Crippen molar-refractivity contribution in [2.45, 2.75) is 6.42 Å². The average Bonchev–Trinajstić information content (AvgIpc) is 3.02. The summed E-state index contributed by atoms with van der Waals surface area (Å²) in [4.78, 5) is 38.2. The first-order valence-electron chi connectivity index (χ1n) is 7.96. The number of nitrogens with zero attached hydrogens (tertiary/aromatic N) is 1. The van der Waals surface area contributed by atoms with Gasteiger partial charge in [-0.3, -0.25) is 25.2 Å². The third-order valence-electron chi connectivity index (χ3n) is 4.11. The van der Waals surface area contributed by atoms with E-state index in [-0.39, 0.29) is 29.5 Å². The number of halogens is 3. The molecule has 2 aromatic rings. The molecule has 0 saturated carbocycles. The molecule has 0 radical (unpaired) electrons. The predicted octanol–water partition coefficient (Wildman–Crippen LogP) is 3.46. The van der Waals surface area contributed by atoms with Gasteiger partial charge in [0.1, 0.15) is 0 Å². The molecule has 1 fully saturated rings. The number of hydrogen-bond acceptors (Lipinski definition) is 3. The lowest BCUT2D eigenvalue weighted by Crippen LogP contribution is -2.45. The van der Waals surface area contributed by atoms with Crippen molar-refractivity contribution in [1.82, 2.24) is 10.9 Å². The monoisotopic (exact) mass is 425 g/mol. The lowest BCUT2D eigenvalue weighted by Gasteiger charge is -2.17. The molecule has 0 aromatic heterocycles. The van der Waals surface area contributed by atoms with Gasteiger partial charge < -0.3 is 4.90 Å². The molecule has 2 N–H and O–H groups in total. The van der Waals surface area contributed by atoms with Crippen LogP contribution >= 0.6 is 34.8 Å². The van der Waals surface area contributed by atoms with E-state index in [1.54, 1.807) is 24.3 Å². The van der Waals surface area contributed by atoms with Gasteiger partial charge in [-0.05, 0) is 42.5 Å². The Morgan fingerprint density at radius 3 is 2.30 bits per heavy atom. The van der Waals surface area contributed by atoms with Crippen LogP contribution in [-0.2, 0) is 9.59 Å². The highest BCUT2D eigenvalue weighted by Gasteiger charge is 2.35. The van der Waals surface area contributed by atoms with E-state index < -0.39 is 17.7 Å². The van der Waals surface area contributed by atoms with E-state index in [2.05, 4.69) is 10.9 Å². The van der Waals surface area contributed by atoms with Crippen LogP contribution in [0.1, 0.15) is 16.8 Å². The van der Waals surface area contributed by atoms with Crippen molar-refractivity contribution in [3.63, 3.8) is 0 Å². The molecule has 1 aliphatic rings. The van der Waals surface area contributed by atoms with Crippen molar-refractivity contribution < 1.29 is 14.4 Å². The molecule has 0 spiro atoms. The molecule has 0 unspecified atom stereocenters. The second-order valence-electron chi connectivity index (χ2n) is 5.95. The lowest BCUT2D eigenvalue weighted by atomic mass is 10.1. The van der Waals surface area contributed by atoms with Crippen LogP contribution in [0.4, 0.5) is 5.69 Å². The van der Waals surface area contributed by atoms with Gasteiger partial charge in [-0.15, -0.1) is 0 Å². The molecular formula is C18H14Cl3N3O3. The molecule has 0 aliphatic carbocycles. The first-order chi connectivity index (χ1) is 12.8. The summed E-state index contributed by atoms with van der Waals surface area (Å²) in [6.07, 6.45) is 0.0477. The van der Waals surface area contributed by atoms with E-state index in [9.17, 15) is 14.4 Å². The van der Waals surface area contributed by atoms with Gasteiger partial charge in [-0.2, -0.15) is 0 Å². The fraction of sp³-hybridized carbons (Fsp3) is 0.167. The second-order valence-corrected chi connectivity index (χ2v) is 7.23. The van der Waals surface area contributed by atoms with Gasteiger partial charge in [-0.25, -0.2) is 0 Å². The highest BCUT2D eigenvalue weighted by Crippen LogP contribution is 2.26. The van der Waals surface area contributed by atoms with Gasteiger partial charge >= 0.3 is 0 Å². The second kappa shape index (κ2) is 8.17. The number of amides is 3. The quantitative estimate of drug-likeness (QED) is 0.738. The van der Waals surface area contributed by atoms with E-state index in [1.807, 2.05) is 0 Å². The maximum Gasteiger partial charge on any atom is 0.271 e. The molecule has 1 aliphatic heterocycles. The molecule has 27 heavy (non-hydrogen) atoms. The van der Waals surface area contributed by atoms with Crippen molar-refractivity contribution in [3.8, 4) is 0 Å². The number of anilines is 1. The normalized spacial score (nSPS) is 16.3. The third kappa shape index (κ3) is 4.53. The summed E-state index contributed by atoms with van der Waals surface area (Å²) < 4.78 is 0. The maximum absolute atomic E-state index is 12.3.